The first-order valence-electron chi connectivity index (χ1n) is 3.96. The van der Waals surface area contributed by atoms with E-state index in [1.165, 1.54) is 0 Å². The van der Waals surface area contributed by atoms with Gasteiger partial charge in [-0.25, -0.2) is 0 Å². The quantitative estimate of drug-likeness (QED) is 0.568. The Balaban J connectivity index is 0. The molecule has 0 saturated carbocycles. The molecule has 0 heterocycles. The summed E-state index contributed by atoms with van der Waals surface area (Å²) in [4.78, 5) is 10.7. The van der Waals surface area contributed by atoms with Gasteiger partial charge in [-0.1, -0.05) is 19.8 Å². The van der Waals surface area contributed by atoms with Crippen LogP contribution in [-0.4, -0.2) is 12.6 Å². The summed E-state index contributed by atoms with van der Waals surface area (Å²) in [5.74, 6) is -0.0593. The summed E-state index contributed by atoms with van der Waals surface area (Å²) in [6, 6.07) is 0. The van der Waals surface area contributed by atoms with Crippen molar-refractivity contribution >= 4 is 5.97 Å². The van der Waals surface area contributed by atoms with Crippen molar-refractivity contribution in [3.05, 3.63) is 0 Å². The molecule has 69 valence electrons. The molecule has 0 saturated heterocycles. The first-order chi connectivity index (χ1) is 4.81. The zero-order chi connectivity index (χ0) is 7.82. The van der Waals surface area contributed by atoms with Gasteiger partial charge < -0.3 is 4.74 Å². The van der Waals surface area contributed by atoms with Crippen LogP contribution in [0.4, 0.5) is 0 Å². The van der Waals surface area contributed by atoms with E-state index in [4.69, 9.17) is 4.74 Å². The van der Waals surface area contributed by atoms with E-state index in [9.17, 15) is 4.79 Å². The van der Waals surface area contributed by atoms with Gasteiger partial charge in [-0.15, -0.1) is 0 Å². The van der Waals surface area contributed by atoms with Gasteiger partial charge in [-0.2, -0.15) is 0 Å². The van der Waals surface area contributed by atoms with Gasteiger partial charge in [0.2, 0.25) is 0 Å². The largest absolute Gasteiger partial charge is 0.466 e. The van der Waals surface area contributed by atoms with Crippen molar-refractivity contribution < 1.29 is 29.6 Å². The molecule has 0 aromatic rings. The fraction of sp³-hybridized carbons (Fsp3) is 0.875. The second-order valence-corrected chi connectivity index (χ2v) is 2.26. The van der Waals surface area contributed by atoms with Crippen molar-refractivity contribution in [1.29, 1.82) is 0 Å². The molecule has 0 aromatic heterocycles. The van der Waals surface area contributed by atoms with Gasteiger partial charge in [0.15, 0.2) is 0 Å². The second-order valence-electron chi connectivity index (χ2n) is 2.26. The minimum absolute atomic E-state index is 0. The van der Waals surface area contributed by atoms with Crippen LogP contribution in [-0.2, 0) is 29.6 Å². The van der Waals surface area contributed by atoms with E-state index in [1.807, 2.05) is 6.92 Å². The monoisotopic (exact) mass is 337 g/mol. The molecular weight excluding hydrogens is 320 g/mol. The summed E-state index contributed by atoms with van der Waals surface area (Å²) in [7, 11) is 0. The summed E-state index contributed by atoms with van der Waals surface area (Å²) in [5, 5.41) is 0. The molecule has 0 atom stereocenters. The van der Waals surface area contributed by atoms with Crippen LogP contribution in [0.25, 0.3) is 0 Å². The molecule has 0 bridgehead atoms. The summed E-state index contributed by atoms with van der Waals surface area (Å²) in [6.07, 6.45) is 3.83. The number of ether oxygens (including phenoxy) is 1. The molecule has 0 aliphatic heterocycles. The van der Waals surface area contributed by atoms with Crippen molar-refractivity contribution in [2.75, 3.05) is 6.61 Å². The van der Waals surface area contributed by atoms with Gasteiger partial charge in [0.25, 0.3) is 0 Å². The molecule has 0 spiro atoms. The van der Waals surface area contributed by atoms with Crippen LogP contribution in [0.15, 0.2) is 0 Å². The van der Waals surface area contributed by atoms with Gasteiger partial charge in [-0.3, -0.25) is 4.79 Å². The molecule has 3 heteroatoms. The van der Waals surface area contributed by atoms with Crippen LogP contribution < -0.4 is 0 Å². The van der Waals surface area contributed by atoms with Crippen LogP contribution in [0, 0.1) is 0 Å². The molecule has 0 fully saturated rings. The van der Waals surface area contributed by atoms with Crippen LogP contribution in [0.1, 0.15) is 39.5 Å². The van der Waals surface area contributed by atoms with Crippen LogP contribution in [0.2, 0.25) is 0 Å². The number of esters is 1. The molecule has 1 radical (unpaired) electrons. The Hall–Kier alpha value is 0.119. The third kappa shape index (κ3) is 10.1. The van der Waals surface area contributed by atoms with Crippen molar-refractivity contribution in [2.45, 2.75) is 39.5 Å². The van der Waals surface area contributed by atoms with E-state index in [2.05, 4.69) is 6.92 Å². The Kier molecular flexibility index (Phi) is 12.6. The number of hydrogen-bond donors (Lipinski definition) is 0. The van der Waals surface area contributed by atoms with E-state index >= 15 is 0 Å². The number of hydrogen-bond acceptors (Lipinski definition) is 2. The third-order valence-corrected chi connectivity index (χ3v) is 1.29. The van der Waals surface area contributed by atoms with Gasteiger partial charge in [0.05, 0.1) is 6.61 Å². The summed E-state index contributed by atoms with van der Waals surface area (Å²) >= 11 is 0. The third-order valence-electron chi connectivity index (χ3n) is 1.29. The van der Waals surface area contributed by atoms with Gasteiger partial charge in [0, 0.05) is 26.5 Å². The Morgan fingerprint density at radius 2 is 1.91 bits per heavy atom. The molecule has 0 aliphatic carbocycles. The first kappa shape index (κ1) is 13.7. The average molecular weight is 336 g/mol. The fourth-order valence-electron chi connectivity index (χ4n) is 0.752. The van der Waals surface area contributed by atoms with Gasteiger partial charge >= 0.3 is 5.97 Å². The molecule has 0 rings (SSSR count). The predicted octanol–water partition coefficient (Wildman–Crippen LogP) is 2.13. The maximum absolute atomic E-state index is 10.7. The molecule has 2 nitrogen and oxygen atoms in total. The molecule has 0 unspecified atom stereocenters. The predicted molar refractivity (Wildman–Crippen MR) is 40.8 cm³/mol. The Labute approximate surface area is 82.0 Å². The zero-order valence-corrected chi connectivity index (χ0v) is 9.58. The van der Waals surface area contributed by atoms with Crippen molar-refractivity contribution in [3.8, 4) is 0 Å². The SMILES string of the molecule is CCCCCC(=O)OCC.[Ir]. The maximum atomic E-state index is 10.7. The summed E-state index contributed by atoms with van der Waals surface area (Å²) in [5.41, 5.74) is 0. The van der Waals surface area contributed by atoms with Crippen molar-refractivity contribution in [3.63, 3.8) is 0 Å². The molecule has 0 amide bonds. The minimum atomic E-state index is -0.0593. The van der Waals surface area contributed by atoms with E-state index in [0.717, 1.165) is 19.3 Å². The van der Waals surface area contributed by atoms with E-state index in [-0.39, 0.29) is 26.1 Å². The second kappa shape index (κ2) is 10.1. The molecule has 11 heavy (non-hydrogen) atoms. The molecule has 0 N–H and O–H groups in total. The fourth-order valence-corrected chi connectivity index (χ4v) is 0.752. The standard InChI is InChI=1S/C8H16O2.Ir/c1-3-5-6-7-8(9)10-4-2;/h3-7H2,1-2H3;. The van der Waals surface area contributed by atoms with Gasteiger partial charge in [-0.05, 0) is 13.3 Å². The van der Waals surface area contributed by atoms with Crippen LogP contribution in [0.5, 0.6) is 0 Å². The minimum Gasteiger partial charge on any atom is -0.466 e. The van der Waals surface area contributed by atoms with Crippen molar-refractivity contribution in [1.82, 2.24) is 0 Å². The number of carbonyl (C=O) groups excluding carboxylic acids is 1. The van der Waals surface area contributed by atoms with E-state index < -0.39 is 0 Å². The molecular formula is C8H16IrO2. The van der Waals surface area contributed by atoms with Gasteiger partial charge in [0.1, 0.15) is 0 Å². The first-order valence-corrected chi connectivity index (χ1v) is 3.96. The Bertz CT molecular complexity index is 94.1. The average Bonchev–Trinajstić information content (AvgIpc) is 1.89. The molecule has 0 aliphatic rings. The topological polar surface area (TPSA) is 26.3 Å². The Morgan fingerprint density at radius 1 is 1.27 bits per heavy atom. The zero-order valence-electron chi connectivity index (χ0n) is 7.19. The Morgan fingerprint density at radius 3 is 2.36 bits per heavy atom. The summed E-state index contributed by atoms with van der Waals surface area (Å²) < 4.78 is 4.75. The number of unbranched alkanes of at least 4 members (excludes halogenated alkanes) is 2. The van der Waals surface area contributed by atoms with Crippen LogP contribution >= 0.6 is 0 Å². The van der Waals surface area contributed by atoms with E-state index in [0.29, 0.717) is 13.0 Å². The smallest absolute Gasteiger partial charge is 0.305 e. The maximum Gasteiger partial charge on any atom is 0.305 e. The van der Waals surface area contributed by atoms with E-state index in [1.54, 1.807) is 0 Å². The summed E-state index contributed by atoms with van der Waals surface area (Å²) in [6.45, 7) is 4.45. The van der Waals surface area contributed by atoms with Crippen molar-refractivity contribution in [2.24, 2.45) is 0 Å². The van der Waals surface area contributed by atoms with Crippen LogP contribution in [0.3, 0.4) is 0 Å². The number of carbonyl (C=O) groups is 1. The number of rotatable bonds is 5. The molecule has 0 aromatic carbocycles. The normalized spacial score (nSPS) is 8.55.